The molecule has 1 aromatic rings. The lowest BCUT2D eigenvalue weighted by Crippen LogP contribution is -2.46. The van der Waals surface area contributed by atoms with Crippen molar-refractivity contribution in [2.45, 2.75) is 39.3 Å². The van der Waals surface area contributed by atoms with Gasteiger partial charge in [-0.05, 0) is 45.9 Å². The van der Waals surface area contributed by atoms with Gasteiger partial charge in [-0.25, -0.2) is 0 Å². The van der Waals surface area contributed by atoms with E-state index in [1.54, 1.807) is 50.8 Å². The molecule has 2 atom stereocenters. The van der Waals surface area contributed by atoms with E-state index in [-0.39, 0.29) is 11.9 Å². The molecule has 106 valence electrons. The monoisotopic (exact) mass is 292 g/mol. The van der Waals surface area contributed by atoms with Crippen LogP contribution in [0.1, 0.15) is 33.3 Å². The summed E-state index contributed by atoms with van der Waals surface area (Å²) in [5.41, 5.74) is -1.07. The van der Waals surface area contributed by atoms with Gasteiger partial charge in [-0.2, -0.15) is 5.26 Å². The molecule has 0 saturated carbocycles. The number of anilines is 1. The van der Waals surface area contributed by atoms with Crippen molar-refractivity contribution in [1.29, 1.82) is 5.26 Å². The molecule has 2 rings (SSSR count). The molecule has 1 aliphatic heterocycles. The van der Waals surface area contributed by atoms with E-state index in [4.69, 9.17) is 16.9 Å². The second-order valence-corrected chi connectivity index (χ2v) is 6.31. The van der Waals surface area contributed by atoms with Gasteiger partial charge in [0.15, 0.2) is 0 Å². The molecular weight excluding hydrogens is 276 g/mol. The molecule has 0 unspecified atom stereocenters. The molecule has 20 heavy (non-hydrogen) atoms. The lowest BCUT2D eigenvalue weighted by atomic mass is 9.76. The number of hydrogen-bond donors (Lipinski definition) is 1. The second-order valence-electron chi connectivity index (χ2n) is 5.90. The van der Waals surface area contributed by atoms with Gasteiger partial charge in [-0.3, -0.25) is 4.79 Å². The Bertz CT molecular complexity index is 617. The molecular formula is C15H17ClN2O2. The first-order valence-electron chi connectivity index (χ1n) is 6.40. The van der Waals surface area contributed by atoms with E-state index < -0.39 is 11.0 Å². The van der Waals surface area contributed by atoms with Gasteiger partial charge in [0, 0.05) is 5.69 Å². The smallest absolute Gasteiger partial charge is 0.235 e. The highest BCUT2D eigenvalue weighted by Gasteiger charge is 2.59. The van der Waals surface area contributed by atoms with Gasteiger partial charge >= 0.3 is 0 Å². The molecule has 1 saturated heterocycles. The number of carbonyl (C=O) groups is 1. The van der Waals surface area contributed by atoms with E-state index in [2.05, 4.69) is 0 Å². The normalized spacial score (nSPS) is 28.6. The molecule has 1 heterocycles. The molecule has 5 heteroatoms. The number of carbonyl (C=O) groups excluding carboxylic acids is 1. The van der Waals surface area contributed by atoms with Gasteiger partial charge < -0.3 is 10.0 Å². The molecule has 0 aromatic heterocycles. The first kappa shape index (κ1) is 14.8. The first-order valence-corrected chi connectivity index (χ1v) is 6.78. The number of aliphatic hydroxyl groups is 1. The molecule has 1 amide bonds. The highest BCUT2D eigenvalue weighted by Crippen LogP contribution is 2.46. The molecule has 4 nitrogen and oxygen atoms in total. The molecule has 0 spiro atoms. The highest BCUT2D eigenvalue weighted by molar-refractivity contribution is 6.32. The van der Waals surface area contributed by atoms with Crippen LogP contribution in [0.4, 0.5) is 5.69 Å². The quantitative estimate of drug-likeness (QED) is 0.865. The van der Waals surface area contributed by atoms with Crippen LogP contribution in [-0.2, 0) is 4.79 Å². The Morgan fingerprint density at radius 3 is 2.40 bits per heavy atom. The summed E-state index contributed by atoms with van der Waals surface area (Å²) < 4.78 is 0. The molecule has 1 N–H and O–H groups in total. The van der Waals surface area contributed by atoms with Crippen molar-refractivity contribution in [3.63, 3.8) is 0 Å². The molecule has 0 radical (unpaired) electrons. The SMILES string of the molecule is C[C@@H]1N(c2ccc(C#N)c(Cl)c2)C(=O)C(C)(C)[C@]1(C)O. The maximum Gasteiger partial charge on any atom is 0.235 e. The number of hydrogen-bond acceptors (Lipinski definition) is 3. The summed E-state index contributed by atoms with van der Waals surface area (Å²) in [6, 6.07) is 6.45. The zero-order valence-corrected chi connectivity index (χ0v) is 12.7. The Morgan fingerprint density at radius 2 is 2.00 bits per heavy atom. The van der Waals surface area contributed by atoms with Crippen molar-refractivity contribution in [2.75, 3.05) is 4.90 Å². The zero-order valence-electron chi connectivity index (χ0n) is 11.9. The fraction of sp³-hybridized carbons (Fsp3) is 0.467. The Kier molecular flexibility index (Phi) is 3.32. The van der Waals surface area contributed by atoms with Crippen LogP contribution >= 0.6 is 11.6 Å². The van der Waals surface area contributed by atoms with E-state index in [0.29, 0.717) is 16.3 Å². The lowest BCUT2D eigenvalue weighted by molar-refractivity contribution is -0.131. The molecule has 0 bridgehead atoms. The maximum absolute atomic E-state index is 12.6. The van der Waals surface area contributed by atoms with Gasteiger partial charge in [0.2, 0.25) is 5.91 Å². The summed E-state index contributed by atoms with van der Waals surface area (Å²) in [4.78, 5) is 14.1. The van der Waals surface area contributed by atoms with Crippen molar-refractivity contribution in [2.24, 2.45) is 5.41 Å². The van der Waals surface area contributed by atoms with Crippen LogP contribution in [0.5, 0.6) is 0 Å². The fourth-order valence-electron chi connectivity index (χ4n) is 2.55. The Hall–Kier alpha value is -1.57. The number of benzene rings is 1. The number of nitrogens with zero attached hydrogens (tertiary/aromatic N) is 2. The average molecular weight is 293 g/mol. The van der Waals surface area contributed by atoms with E-state index in [1.165, 1.54) is 0 Å². The Morgan fingerprint density at radius 1 is 1.40 bits per heavy atom. The molecule has 0 aliphatic carbocycles. The van der Waals surface area contributed by atoms with Gasteiger partial charge in [0.25, 0.3) is 0 Å². The number of halogens is 1. The molecule has 1 fully saturated rings. The van der Waals surface area contributed by atoms with E-state index >= 15 is 0 Å². The summed E-state index contributed by atoms with van der Waals surface area (Å²) in [7, 11) is 0. The molecule has 1 aliphatic rings. The number of nitriles is 1. The van der Waals surface area contributed by atoms with Gasteiger partial charge in [0.1, 0.15) is 6.07 Å². The third-order valence-electron chi connectivity index (χ3n) is 4.57. The average Bonchev–Trinajstić information content (AvgIpc) is 2.49. The maximum atomic E-state index is 12.6. The zero-order chi connectivity index (χ0) is 15.3. The minimum atomic E-state index is -1.15. The van der Waals surface area contributed by atoms with Crippen LogP contribution < -0.4 is 4.90 Å². The lowest BCUT2D eigenvalue weighted by Gasteiger charge is -2.33. The van der Waals surface area contributed by atoms with E-state index in [0.717, 1.165) is 0 Å². The standard InChI is InChI=1S/C15H17ClN2O2/c1-9-15(4,20)14(2,3)13(19)18(9)11-6-5-10(8-17)12(16)7-11/h5-7,9,20H,1-4H3/t9-,15+/m0/s1. The minimum Gasteiger partial charge on any atom is -0.387 e. The van der Waals surface area contributed by atoms with E-state index in [1.807, 2.05) is 6.07 Å². The predicted octanol–water partition coefficient (Wildman–Crippen LogP) is 2.72. The summed E-state index contributed by atoms with van der Waals surface area (Å²) >= 11 is 6.02. The number of rotatable bonds is 1. The van der Waals surface area contributed by atoms with Gasteiger partial charge in [-0.1, -0.05) is 11.6 Å². The topological polar surface area (TPSA) is 64.3 Å². The van der Waals surface area contributed by atoms with Crippen LogP contribution in [-0.4, -0.2) is 22.7 Å². The van der Waals surface area contributed by atoms with Crippen LogP contribution in [0.2, 0.25) is 5.02 Å². The van der Waals surface area contributed by atoms with E-state index in [9.17, 15) is 9.90 Å². The largest absolute Gasteiger partial charge is 0.387 e. The van der Waals surface area contributed by atoms with Crippen molar-refractivity contribution < 1.29 is 9.90 Å². The van der Waals surface area contributed by atoms with Crippen molar-refractivity contribution in [3.05, 3.63) is 28.8 Å². The molecule has 1 aromatic carbocycles. The summed E-state index contributed by atoms with van der Waals surface area (Å²) in [5, 5.41) is 19.8. The van der Waals surface area contributed by atoms with Crippen molar-refractivity contribution in [3.8, 4) is 6.07 Å². The Balaban J connectivity index is 2.52. The van der Waals surface area contributed by atoms with Crippen LogP contribution in [0.3, 0.4) is 0 Å². The van der Waals surface area contributed by atoms with Crippen molar-refractivity contribution in [1.82, 2.24) is 0 Å². The van der Waals surface area contributed by atoms with Crippen LogP contribution in [0.15, 0.2) is 18.2 Å². The summed E-state index contributed by atoms with van der Waals surface area (Å²) in [6.45, 7) is 6.94. The van der Waals surface area contributed by atoms with Crippen LogP contribution in [0, 0.1) is 16.7 Å². The summed E-state index contributed by atoms with van der Waals surface area (Å²) in [5.74, 6) is -0.157. The summed E-state index contributed by atoms with van der Waals surface area (Å²) in [6.07, 6.45) is 0. The number of amides is 1. The third kappa shape index (κ3) is 1.81. The predicted molar refractivity (Wildman–Crippen MR) is 77.5 cm³/mol. The van der Waals surface area contributed by atoms with Crippen molar-refractivity contribution >= 4 is 23.2 Å². The van der Waals surface area contributed by atoms with Gasteiger partial charge in [-0.15, -0.1) is 0 Å². The fourth-order valence-corrected chi connectivity index (χ4v) is 2.77. The minimum absolute atomic E-state index is 0.157. The highest BCUT2D eigenvalue weighted by atomic mass is 35.5. The van der Waals surface area contributed by atoms with Crippen LogP contribution in [0.25, 0.3) is 0 Å². The third-order valence-corrected chi connectivity index (χ3v) is 4.88. The first-order chi connectivity index (χ1) is 9.14. The van der Waals surface area contributed by atoms with Gasteiger partial charge in [0.05, 0.1) is 27.6 Å². The Labute approximate surface area is 123 Å². The second kappa shape index (κ2) is 4.47.